The van der Waals surface area contributed by atoms with Gasteiger partial charge in [0.15, 0.2) is 8.32 Å². The first-order valence-corrected chi connectivity index (χ1v) is 17.6. The molecule has 1 fully saturated rings. The molecular formula is C31H48ClN3O3Si. The van der Waals surface area contributed by atoms with Crippen LogP contribution in [-0.4, -0.2) is 43.1 Å². The molecule has 2 N–H and O–H groups in total. The molecule has 3 rings (SSSR count). The molecule has 1 aliphatic carbocycles. The minimum Gasteiger partial charge on any atom is -0.481 e. The highest BCUT2D eigenvalue weighted by molar-refractivity contribution is 6.74. The molecule has 6 nitrogen and oxygen atoms in total. The molecule has 1 aromatic carbocycles. The van der Waals surface area contributed by atoms with Crippen molar-refractivity contribution in [1.29, 1.82) is 0 Å². The number of anilines is 3. The fourth-order valence-electron chi connectivity index (χ4n) is 5.10. The molecule has 0 radical (unpaired) electrons. The summed E-state index contributed by atoms with van der Waals surface area (Å²) in [5.41, 5.74) is 3.95. The number of carbonyl (C=O) groups is 1. The van der Waals surface area contributed by atoms with Crippen LogP contribution >= 0.6 is 11.6 Å². The Labute approximate surface area is 241 Å². The van der Waals surface area contributed by atoms with Crippen LogP contribution in [-0.2, 0) is 9.22 Å². The maximum absolute atomic E-state index is 11.4. The van der Waals surface area contributed by atoms with Crippen LogP contribution in [0.2, 0.25) is 23.3 Å². The Balaban J connectivity index is 1.90. The van der Waals surface area contributed by atoms with Crippen LogP contribution in [0.15, 0.2) is 36.5 Å². The second-order valence-corrected chi connectivity index (χ2v) is 18.3. The second-order valence-electron chi connectivity index (χ2n) is 13.1. The molecule has 1 unspecified atom stereocenters. The van der Waals surface area contributed by atoms with Gasteiger partial charge in [-0.2, -0.15) is 0 Å². The fraction of sp³-hybridized carbons (Fsp3) is 0.613. The van der Waals surface area contributed by atoms with Gasteiger partial charge in [-0.1, -0.05) is 59.2 Å². The zero-order valence-electron chi connectivity index (χ0n) is 25.1. The monoisotopic (exact) mass is 573 g/mol. The third-order valence-corrected chi connectivity index (χ3v) is 13.1. The normalized spacial score (nSPS) is 19.1. The van der Waals surface area contributed by atoms with E-state index < -0.39 is 14.3 Å². The van der Waals surface area contributed by atoms with E-state index in [1.54, 1.807) is 12.3 Å². The second kappa shape index (κ2) is 13.0. The highest BCUT2D eigenvalue weighted by Crippen LogP contribution is 2.41. The van der Waals surface area contributed by atoms with E-state index in [9.17, 15) is 9.90 Å². The lowest BCUT2D eigenvalue weighted by Gasteiger charge is -2.44. The lowest BCUT2D eigenvalue weighted by Crippen LogP contribution is -2.47. The first-order valence-electron chi connectivity index (χ1n) is 14.3. The zero-order valence-corrected chi connectivity index (χ0v) is 26.8. The summed E-state index contributed by atoms with van der Waals surface area (Å²) in [6, 6.07) is 10.5. The zero-order chi connectivity index (χ0) is 29.0. The Morgan fingerprint density at radius 3 is 2.36 bits per heavy atom. The van der Waals surface area contributed by atoms with Crippen molar-refractivity contribution in [2.45, 2.75) is 110 Å². The van der Waals surface area contributed by atoms with Crippen LogP contribution in [0.5, 0.6) is 0 Å². The van der Waals surface area contributed by atoms with Gasteiger partial charge in [0, 0.05) is 18.7 Å². The minimum absolute atomic E-state index is 0.0925. The number of halogens is 1. The van der Waals surface area contributed by atoms with Crippen molar-refractivity contribution < 1.29 is 14.3 Å². The summed E-state index contributed by atoms with van der Waals surface area (Å²) in [5.74, 6) is -0.398. The topological polar surface area (TPSA) is 74.7 Å². The predicted molar refractivity (Wildman–Crippen MR) is 166 cm³/mol. The number of aliphatic carboxylic acids is 1. The Kier molecular flexibility index (Phi) is 10.5. The molecular weight excluding hydrogens is 526 g/mol. The van der Waals surface area contributed by atoms with Crippen molar-refractivity contribution >= 4 is 42.9 Å². The Morgan fingerprint density at radius 1 is 1.15 bits per heavy atom. The summed E-state index contributed by atoms with van der Waals surface area (Å²) in [4.78, 5) is 18.2. The molecule has 8 heteroatoms. The van der Waals surface area contributed by atoms with Crippen LogP contribution in [0.3, 0.4) is 0 Å². The standard InChI is InChI=1S/C31H48ClN3O3Si/c1-21(2)20-35(25-11-13-26(14-12-25)38-39(7,8)31(4,5)6)28-15-9-23(22(3)17-30(36)37)18-27(28)34-24-10-16-29(32)33-19-24/h9-10,15-16,18-19,21-22,25-26,34H,11-14,17,20H2,1-8H3,(H,36,37). The summed E-state index contributed by atoms with van der Waals surface area (Å²) in [6.45, 7) is 19.0. The van der Waals surface area contributed by atoms with Crippen molar-refractivity contribution in [2.75, 3.05) is 16.8 Å². The van der Waals surface area contributed by atoms with Gasteiger partial charge in [0.1, 0.15) is 5.15 Å². The third-order valence-electron chi connectivity index (χ3n) is 8.30. The number of carboxylic acids is 1. The molecule has 1 atom stereocenters. The predicted octanol–water partition coefficient (Wildman–Crippen LogP) is 8.85. The van der Waals surface area contributed by atoms with Crippen LogP contribution in [0.25, 0.3) is 0 Å². The first-order chi connectivity index (χ1) is 18.2. The summed E-state index contributed by atoms with van der Waals surface area (Å²) >= 11 is 6.04. The van der Waals surface area contributed by atoms with Crippen molar-refractivity contribution in [3.05, 3.63) is 47.2 Å². The lowest BCUT2D eigenvalue weighted by molar-refractivity contribution is -0.137. The number of carboxylic acid groups (broad SMARTS) is 1. The van der Waals surface area contributed by atoms with Gasteiger partial charge in [-0.25, -0.2) is 4.98 Å². The van der Waals surface area contributed by atoms with E-state index in [1.165, 1.54) is 0 Å². The van der Waals surface area contributed by atoms with E-state index >= 15 is 0 Å². The van der Waals surface area contributed by atoms with Gasteiger partial charge in [0.25, 0.3) is 0 Å². The highest BCUT2D eigenvalue weighted by Gasteiger charge is 2.40. The molecule has 0 bridgehead atoms. The van der Waals surface area contributed by atoms with Gasteiger partial charge < -0.3 is 19.7 Å². The van der Waals surface area contributed by atoms with Crippen LogP contribution in [0.1, 0.15) is 85.1 Å². The molecule has 1 saturated carbocycles. The quantitative estimate of drug-likeness (QED) is 0.206. The highest BCUT2D eigenvalue weighted by atomic mass is 35.5. The molecule has 216 valence electrons. The number of hydrogen-bond donors (Lipinski definition) is 2. The largest absolute Gasteiger partial charge is 0.481 e. The maximum atomic E-state index is 11.4. The number of benzene rings is 1. The Bertz CT molecular complexity index is 1090. The van der Waals surface area contributed by atoms with Gasteiger partial charge >= 0.3 is 5.97 Å². The Morgan fingerprint density at radius 2 is 1.82 bits per heavy atom. The van der Waals surface area contributed by atoms with Crippen molar-refractivity contribution in [2.24, 2.45) is 5.92 Å². The number of nitrogens with one attached hydrogen (secondary N) is 1. The van der Waals surface area contributed by atoms with E-state index in [2.05, 4.69) is 81.1 Å². The number of nitrogens with zero attached hydrogens (tertiary/aromatic N) is 2. The number of rotatable bonds is 11. The first kappa shape index (κ1) is 31.4. The number of hydrogen-bond acceptors (Lipinski definition) is 5. The van der Waals surface area contributed by atoms with Gasteiger partial charge in [0.05, 0.1) is 29.7 Å². The molecule has 1 aromatic heterocycles. The van der Waals surface area contributed by atoms with Crippen LogP contribution < -0.4 is 10.2 Å². The summed E-state index contributed by atoms with van der Waals surface area (Å²) in [5, 5.41) is 13.6. The van der Waals surface area contributed by atoms with Crippen LogP contribution in [0.4, 0.5) is 17.1 Å². The summed E-state index contributed by atoms with van der Waals surface area (Å²) in [6.07, 6.45) is 6.48. The molecule has 1 aliphatic rings. The third kappa shape index (κ3) is 8.69. The smallest absolute Gasteiger partial charge is 0.303 e. The molecule has 2 aromatic rings. The van der Waals surface area contributed by atoms with E-state index in [-0.39, 0.29) is 17.4 Å². The average molecular weight is 574 g/mol. The molecule has 0 amide bonds. The summed E-state index contributed by atoms with van der Waals surface area (Å²) < 4.78 is 6.79. The SMILES string of the molecule is CC(C)CN(c1ccc(C(C)CC(=O)O)cc1Nc1ccc(Cl)nc1)C1CCC(O[Si](C)(C)C(C)(C)C)CC1. The fourth-order valence-corrected chi connectivity index (χ4v) is 6.64. The molecule has 0 saturated heterocycles. The van der Waals surface area contributed by atoms with Gasteiger partial charge in [-0.15, -0.1) is 0 Å². The van der Waals surface area contributed by atoms with E-state index in [0.29, 0.717) is 23.2 Å². The number of aromatic nitrogens is 1. The van der Waals surface area contributed by atoms with Crippen LogP contribution in [0, 0.1) is 5.92 Å². The van der Waals surface area contributed by atoms with E-state index in [0.717, 1.165) is 54.9 Å². The maximum Gasteiger partial charge on any atom is 0.303 e. The van der Waals surface area contributed by atoms with Gasteiger partial charge in [-0.3, -0.25) is 4.79 Å². The molecule has 39 heavy (non-hydrogen) atoms. The van der Waals surface area contributed by atoms with Crippen molar-refractivity contribution in [3.63, 3.8) is 0 Å². The Hall–Kier alpha value is -2.09. The lowest BCUT2D eigenvalue weighted by atomic mass is 9.90. The summed E-state index contributed by atoms with van der Waals surface area (Å²) in [7, 11) is -1.80. The minimum atomic E-state index is -1.80. The van der Waals surface area contributed by atoms with Gasteiger partial charge in [0.2, 0.25) is 0 Å². The van der Waals surface area contributed by atoms with Crippen molar-refractivity contribution in [3.8, 4) is 0 Å². The number of pyridine rings is 1. The molecule has 1 heterocycles. The van der Waals surface area contributed by atoms with Crippen molar-refractivity contribution in [1.82, 2.24) is 4.98 Å². The molecule has 0 spiro atoms. The van der Waals surface area contributed by atoms with E-state index in [4.69, 9.17) is 16.0 Å². The average Bonchev–Trinajstić information content (AvgIpc) is 2.83. The van der Waals surface area contributed by atoms with E-state index in [1.807, 2.05) is 13.0 Å². The molecule has 0 aliphatic heterocycles. The van der Waals surface area contributed by atoms with Gasteiger partial charge in [-0.05, 0) is 85.5 Å².